The van der Waals surface area contributed by atoms with Gasteiger partial charge in [0.25, 0.3) is 5.56 Å². The largest absolute Gasteiger partial charge is 0.376 e. The first-order valence-corrected chi connectivity index (χ1v) is 5.11. The van der Waals surface area contributed by atoms with Crippen molar-refractivity contribution >= 4 is 15.9 Å². The molecule has 1 heterocycles. The molecule has 0 spiro atoms. The van der Waals surface area contributed by atoms with Crippen LogP contribution in [0.1, 0.15) is 12.0 Å². The summed E-state index contributed by atoms with van der Waals surface area (Å²) >= 11 is 3.19. The van der Waals surface area contributed by atoms with E-state index in [1.54, 1.807) is 0 Å². The van der Waals surface area contributed by atoms with E-state index in [-0.39, 0.29) is 6.61 Å². The van der Waals surface area contributed by atoms with Crippen LogP contribution in [0.5, 0.6) is 0 Å². The lowest BCUT2D eigenvalue weighted by atomic mass is 10.3. The van der Waals surface area contributed by atoms with Gasteiger partial charge >= 0.3 is 5.69 Å². The SMILES string of the molecule is C=C(Br)CCOCc1c[nH]c(=O)[nH]c1=O. The Morgan fingerprint density at radius 3 is 2.87 bits per heavy atom. The number of rotatable bonds is 5. The van der Waals surface area contributed by atoms with Gasteiger partial charge < -0.3 is 9.72 Å². The van der Waals surface area contributed by atoms with Crippen molar-refractivity contribution in [2.75, 3.05) is 6.61 Å². The monoisotopic (exact) mass is 274 g/mol. The van der Waals surface area contributed by atoms with Gasteiger partial charge in [-0.2, -0.15) is 0 Å². The number of hydrogen-bond acceptors (Lipinski definition) is 3. The molecule has 0 saturated heterocycles. The van der Waals surface area contributed by atoms with E-state index >= 15 is 0 Å². The van der Waals surface area contributed by atoms with Crippen LogP contribution in [0.2, 0.25) is 0 Å². The predicted molar refractivity (Wildman–Crippen MR) is 60.0 cm³/mol. The molecular formula is C9H11BrN2O3. The second-order valence-electron chi connectivity index (χ2n) is 2.92. The van der Waals surface area contributed by atoms with E-state index in [4.69, 9.17) is 4.74 Å². The summed E-state index contributed by atoms with van der Waals surface area (Å²) in [6, 6.07) is 0. The van der Waals surface area contributed by atoms with Crippen molar-refractivity contribution in [3.63, 3.8) is 0 Å². The zero-order valence-electron chi connectivity index (χ0n) is 8.01. The average molecular weight is 275 g/mol. The van der Waals surface area contributed by atoms with Crippen LogP contribution in [0, 0.1) is 0 Å². The molecule has 0 unspecified atom stereocenters. The lowest BCUT2D eigenvalue weighted by Gasteiger charge is -2.02. The molecular weight excluding hydrogens is 264 g/mol. The summed E-state index contributed by atoms with van der Waals surface area (Å²) in [5, 5.41) is 0. The highest BCUT2D eigenvalue weighted by atomic mass is 79.9. The molecule has 15 heavy (non-hydrogen) atoms. The van der Waals surface area contributed by atoms with E-state index < -0.39 is 11.2 Å². The Bertz CT molecular complexity index is 449. The lowest BCUT2D eigenvalue weighted by molar-refractivity contribution is 0.124. The van der Waals surface area contributed by atoms with Crippen molar-refractivity contribution in [1.29, 1.82) is 0 Å². The van der Waals surface area contributed by atoms with Gasteiger partial charge in [-0.05, 0) is 4.48 Å². The third-order valence-electron chi connectivity index (χ3n) is 1.67. The number of ether oxygens (including phenoxy) is 1. The summed E-state index contributed by atoms with van der Waals surface area (Å²) in [6.45, 7) is 4.30. The van der Waals surface area contributed by atoms with Crippen LogP contribution in [0.4, 0.5) is 0 Å². The maximum absolute atomic E-state index is 11.2. The molecule has 6 heteroatoms. The highest BCUT2D eigenvalue weighted by Gasteiger charge is 1.99. The maximum atomic E-state index is 11.2. The quantitative estimate of drug-likeness (QED) is 0.783. The number of H-pyrrole nitrogens is 2. The van der Waals surface area contributed by atoms with Crippen molar-refractivity contribution in [1.82, 2.24) is 9.97 Å². The molecule has 2 N–H and O–H groups in total. The fourth-order valence-electron chi connectivity index (χ4n) is 0.910. The van der Waals surface area contributed by atoms with Crippen molar-refractivity contribution in [2.24, 2.45) is 0 Å². The van der Waals surface area contributed by atoms with Gasteiger partial charge in [-0.1, -0.05) is 22.5 Å². The van der Waals surface area contributed by atoms with Gasteiger partial charge in [0.05, 0.1) is 18.8 Å². The van der Waals surface area contributed by atoms with Gasteiger partial charge in [-0.25, -0.2) is 4.79 Å². The Labute approximate surface area is 94.3 Å². The van der Waals surface area contributed by atoms with Gasteiger partial charge in [0.15, 0.2) is 0 Å². The molecule has 0 amide bonds. The topological polar surface area (TPSA) is 75.0 Å². The molecule has 0 fully saturated rings. The zero-order chi connectivity index (χ0) is 11.3. The average Bonchev–Trinajstić information content (AvgIpc) is 2.14. The highest BCUT2D eigenvalue weighted by molar-refractivity contribution is 9.11. The number of hydrogen-bond donors (Lipinski definition) is 2. The van der Waals surface area contributed by atoms with E-state index in [9.17, 15) is 9.59 Å². The molecule has 1 rings (SSSR count). The van der Waals surface area contributed by atoms with Crippen molar-refractivity contribution in [3.05, 3.63) is 43.7 Å². The van der Waals surface area contributed by atoms with Crippen LogP contribution in [0.3, 0.4) is 0 Å². The fraction of sp³-hybridized carbons (Fsp3) is 0.333. The molecule has 0 bridgehead atoms. The predicted octanol–water partition coefficient (Wildman–Crippen LogP) is 0.878. The Morgan fingerprint density at radius 1 is 1.53 bits per heavy atom. The maximum Gasteiger partial charge on any atom is 0.325 e. The normalized spacial score (nSPS) is 10.2. The molecule has 1 aromatic rings. The third-order valence-corrected chi connectivity index (χ3v) is 2.07. The van der Waals surface area contributed by atoms with E-state index in [1.165, 1.54) is 6.20 Å². The molecule has 5 nitrogen and oxygen atoms in total. The summed E-state index contributed by atoms with van der Waals surface area (Å²) < 4.78 is 6.06. The summed E-state index contributed by atoms with van der Waals surface area (Å²) in [4.78, 5) is 26.4. The Morgan fingerprint density at radius 2 is 2.27 bits per heavy atom. The third kappa shape index (κ3) is 4.26. The summed E-state index contributed by atoms with van der Waals surface area (Å²) in [5.41, 5.74) is -0.538. The van der Waals surface area contributed by atoms with Crippen molar-refractivity contribution in [2.45, 2.75) is 13.0 Å². The molecule has 0 saturated carbocycles. The number of halogens is 1. The van der Waals surface area contributed by atoms with E-state index in [0.29, 0.717) is 18.6 Å². The van der Waals surface area contributed by atoms with Crippen molar-refractivity contribution in [3.8, 4) is 0 Å². The smallest absolute Gasteiger partial charge is 0.325 e. The minimum Gasteiger partial charge on any atom is -0.376 e. The first-order chi connectivity index (χ1) is 7.09. The van der Waals surface area contributed by atoms with Gasteiger partial charge in [0.1, 0.15) is 0 Å². The fourth-order valence-corrected chi connectivity index (χ4v) is 1.07. The van der Waals surface area contributed by atoms with Gasteiger partial charge in [0.2, 0.25) is 0 Å². The van der Waals surface area contributed by atoms with Gasteiger partial charge in [-0.3, -0.25) is 9.78 Å². The minimum atomic E-state index is -0.516. The second-order valence-corrected chi connectivity index (χ2v) is 4.04. The Balaban J connectivity index is 2.48. The van der Waals surface area contributed by atoms with Crippen LogP contribution in [-0.2, 0) is 11.3 Å². The number of aromatic nitrogens is 2. The van der Waals surface area contributed by atoms with Crippen LogP contribution in [0.15, 0.2) is 26.8 Å². The second kappa shape index (κ2) is 5.67. The molecule has 0 aliphatic carbocycles. The molecule has 0 atom stereocenters. The van der Waals surface area contributed by atoms with Crippen LogP contribution >= 0.6 is 15.9 Å². The highest BCUT2D eigenvalue weighted by Crippen LogP contribution is 2.06. The van der Waals surface area contributed by atoms with Crippen LogP contribution < -0.4 is 11.2 Å². The number of nitrogens with one attached hydrogen (secondary N) is 2. The minimum absolute atomic E-state index is 0.173. The summed E-state index contributed by atoms with van der Waals surface area (Å²) in [6.07, 6.45) is 2.03. The van der Waals surface area contributed by atoms with Crippen LogP contribution in [0.25, 0.3) is 0 Å². The lowest BCUT2D eigenvalue weighted by Crippen LogP contribution is -2.24. The molecule has 0 radical (unpaired) electrons. The summed E-state index contributed by atoms with van der Waals surface area (Å²) in [7, 11) is 0. The Hall–Kier alpha value is -1.14. The molecule has 82 valence electrons. The van der Waals surface area contributed by atoms with Crippen molar-refractivity contribution < 1.29 is 4.74 Å². The Kier molecular flexibility index (Phi) is 4.51. The van der Waals surface area contributed by atoms with Gasteiger partial charge in [-0.15, -0.1) is 0 Å². The van der Waals surface area contributed by atoms with E-state index in [1.807, 2.05) is 0 Å². The molecule has 1 aromatic heterocycles. The molecule has 0 aliphatic rings. The molecule has 0 aliphatic heterocycles. The van der Waals surface area contributed by atoms with Crippen LogP contribution in [-0.4, -0.2) is 16.6 Å². The summed E-state index contributed by atoms with van der Waals surface area (Å²) in [5.74, 6) is 0. The first-order valence-electron chi connectivity index (χ1n) is 4.31. The molecule has 0 aromatic carbocycles. The first kappa shape index (κ1) is 11.9. The van der Waals surface area contributed by atoms with E-state index in [2.05, 4.69) is 32.5 Å². The zero-order valence-corrected chi connectivity index (χ0v) is 9.59. The number of aromatic amines is 2. The van der Waals surface area contributed by atoms with E-state index in [0.717, 1.165) is 4.48 Å². The van der Waals surface area contributed by atoms with Gasteiger partial charge in [0, 0.05) is 12.6 Å². The standard InChI is InChI=1S/C9H11BrN2O3/c1-6(10)2-3-15-5-7-4-11-9(14)12-8(7)13/h4H,1-3,5H2,(H2,11,12,13,14).